The van der Waals surface area contributed by atoms with Crippen LogP contribution in [-0.2, 0) is 13.6 Å². The highest BCUT2D eigenvalue weighted by Gasteiger charge is 2.00. The SMILES string of the molecule is CN(C)c1cccc(NCc2ccnn2C)c1. The average Bonchev–Trinajstić information content (AvgIpc) is 2.72. The number of hydrogen-bond donors (Lipinski definition) is 1. The molecule has 1 heterocycles. The lowest BCUT2D eigenvalue weighted by atomic mass is 10.2. The van der Waals surface area contributed by atoms with Crippen molar-refractivity contribution >= 4 is 11.4 Å². The summed E-state index contributed by atoms with van der Waals surface area (Å²) in [6.07, 6.45) is 1.81. The highest BCUT2D eigenvalue weighted by molar-refractivity contribution is 5.57. The average molecular weight is 230 g/mol. The van der Waals surface area contributed by atoms with Gasteiger partial charge < -0.3 is 10.2 Å². The molecule has 0 fully saturated rings. The maximum atomic E-state index is 4.14. The normalized spacial score (nSPS) is 10.3. The Morgan fingerprint density at radius 2 is 2.12 bits per heavy atom. The zero-order chi connectivity index (χ0) is 12.3. The Bertz CT molecular complexity index is 488. The van der Waals surface area contributed by atoms with Crippen molar-refractivity contribution in [1.82, 2.24) is 9.78 Å². The van der Waals surface area contributed by atoms with Crippen molar-refractivity contribution in [3.8, 4) is 0 Å². The number of aryl methyl sites for hydroxylation is 1. The van der Waals surface area contributed by atoms with Crippen molar-refractivity contribution in [2.24, 2.45) is 7.05 Å². The van der Waals surface area contributed by atoms with Crippen molar-refractivity contribution in [1.29, 1.82) is 0 Å². The molecule has 1 N–H and O–H groups in total. The van der Waals surface area contributed by atoms with E-state index < -0.39 is 0 Å². The highest BCUT2D eigenvalue weighted by Crippen LogP contribution is 2.17. The molecule has 2 aromatic rings. The molecule has 0 radical (unpaired) electrons. The molecule has 0 aliphatic carbocycles. The molecular formula is C13H18N4. The number of aromatic nitrogens is 2. The van der Waals surface area contributed by atoms with Gasteiger partial charge in [0.25, 0.3) is 0 Å². The highest BCUT2D eigenvalue weighted by atomic mass is 15.3. The third-order valence-electron chi connectivity index (χ3n) is 2.76. The molecule has 17 heavy (non-hydrogen) atoms. The van der Waals surface area contributed by atoms with Crippen LogP contribution < -0.4 is 10.2 Å². The molecule has 0 aliphatic heterocycles. The van der Waals surface area contributed by atoms with Gasteiger partial charge in [-0.3, -0.25) is 4.68 Å². The molecular weight excluding hydrogens is 212 g/mol. The van der Waals surface area contributed by atoms with Crippen LogP contribution in [0.15, 0.2) is 36.5 Å². The summed E-state index contributed by atoms with van der Waals surface area (Å²) in [5.74, 6) is 0. The van der Waals surface area contributed by atoms with Crippen LogP contribution in [0.4, 0.5) is 11.4 Å². The largest absolute Gasteiger partial charge is 0.379 e. The first kappa shape index (κ1) is 11.5. The van der Waals surface area contributed by atoms with Crippen molar-refractivity contribution in [2.75, 3.05) is 24.3 Å². The Hall–Kier alpha value is -1.97. The van der Waals surface area contributed by atoms with Gasteiger partial charge in [-0.15, -0.1) is 0 Å². The summed E-state index contributed by atoms with van der Waals surface area (Å²) in [6, 6.07) is 10.4. The Labute approximate surface area is 102 Å². The van der Waals surface area contributed by atoms with Gasteiger partial charge in [0.05, 0.1) is 12.2 Å². The van der Waals surface area contributed by atoms with Crippen LogP contribution in [0, 0.1) is 0 Å². The Balaban J connectivity index is 2.04. The van der Waals surface area contributed by atoms with Gasteiger partial charge in [0, 0.05) is 38.7 Å². The van der Waals surface area contributed by atoms with Gasteiger partial charge in [-0.1, -0.05) is 6.07 Å². The first-order chi connectivity index (χ1) is 8.16. The molecule has 90 valence electrons. The fourth-order valence-electron chi connectivity index (χ4n) is 1.66. The molecule has 2 rings (SSSR count). The summed E-state index contributed by atoms with van der Waals surface area (Å²) in [5, 5.41) is 7.54. The Morgan fingerprint density at radius 1 is 1.29 bits per heavy atom. The lowest BCUT2D eigenvalue weighted by Crippen LogP contribution is -2.09. The van der Waals surface area contributed by atoms with Crippen LogP contribution in [0.3, 0.4) is 0 Å². The molecule has 0 saturated heterocycles. The van der Waals surface area contributed by atoms with Crippen molar-refractivity contribution in [3.05, 3.63) is 42.2 Å². The topological polar surface area (TPSA) is 33.1 Å². The van der Waals surface area contributed by atoms with E-state index in [-0.39, 0.29) is 0 Å². The number of nitrogens with zero attached hydrogens (tertiary/aromatic N) is 3. The fourth-order valence-corrected chi connectivity index (χ4v) is 1.66. The van der Waals surface area contributed by atoms with Gasteiger partial charge in [0.15, 0.2) is 0 Å². The summed E-state index contributed by atoms with van der Waals surface area (Å²) < 4.78 is 1.88. The van der Waals surface area contributed by atoms with E-state index in [4.69, 9.17) is 0 Å². The molecule has 0 atom stereocenters. The minimum Gasteiger partial charge on any atom is -0.379 e. The van der Waals surface area contributed by atoms with Gasteiger partial charge >= 0.3 is 0 Å². The standard InChI is InChI=1S/C13H18N4/c1-16(2)12-6-4-5-11(9-12)14-10-13-7-8-15-17(13)3/h4-9,14H,10H2,1-3H3. The summed E-state index contributed by atoms with van der Waals surface area (Å²) >= 11 is 0. The molecule has 4 nitrogen and oxygen atoms in total. The number of benzene rings is 1. The second-order valence-electron chi connectivity index (χ2n) is 4.24. The summed E-state index contributed by atoms with van der Waals surface area (Å²) in [6.45, 7) is 0.785. The van der Waals surface area contributed by atoms with E-state index in [1.807, 2.05) is 38.1 Å². The number of hydrogen-bond acceptors (Lipinski definition) is 3. The number of nitrogens with one attached hydrogen (secondary N) is 1. The fraction of sp³-hybridized carbons (Fsp3) is 0.308. The van der Waals surface area contributed by atoms with E-state index in [9.17, 15) is 0 Å². The molecule has 0 amide bonds. The van der Waals surface area contributed by atoms with Gasteiger partial charge in [0.2, 0.25) is 0 Å². The Morgan fingerprint density at radius 3 is 2.76 bits per heavy atom. The minimum absolute atomic E-state index is 0.785. The molecule has 0 aliphatic rings. The van der Waals surface area contributed by atoms with E-state index >= 15 is 0 Å². The summed E-state index contributed by atoms with van der Waals surface area (Å²) in [5.41, 5.74) is 3.48. The second-order valence-corrected chi connectivity index (χ2v) is 4.24. The lowest BCUT2D eigenvalue weighted by Gasteiger charge is -2.14. The van der Waals surface area contributed by atoms with E-state index in [0.717, 1.165) is 12.2 Å². The Kier molecular flexibility index (Phi) is 3.32. The number of anilines is 2. The summed E-state index contributed by atoms with van der Waals surface area (Å²) in [7, 11) is 6.04. The van der Waals surface area contributed by atoms with Crippen molar-refractivity contribution in [3.63, 3.8) is 0 Å². The van der Waals surface area contributed by atoms with Gasteiger partial charge in [-0.2, -0.15) is 5.10 Å². The molecule has 0 unspecified atom stereocenters. The van der Waals surface area contributed by atoms with Crippen LogP contribution in [0.5, 0.6) is 0 Å². The first-order valence-electron chi connectivity index (χ1n) is 5.65. The third-order valence-corrected chi connectivity index (χ3v) is 2.76. The van der Waals surface area contributed by atoms with E-state index in [1.54, 1.807) is 0 Å². The molecule has 0 spiro atoms. The van der Waals surface area contributed by atoms with E-state index in [0.29, 0.717) is 0 Å². The monoisotopic (exact) mass is 230 g/mol. The van der Waals surface area contributed by atoms with Crippen LogP contribution in [0.1, 0.15) is 5.69 Å². The lowest BCUT2D eigenvalue weighted by molar-refractivity contribution is 0.720. The molecule has 0 saturated carbocycles. The minimum atomic E-state index is 0.785. The molecule has 1 aromatic heterocycles. The predicted octanol–water partition coefficient (Wildman–Crippen LogP) is 2.10. The predicted molar refractivity (Wildman–Crippen MR) is 71.3 cm³/mol. The zero-order valence-electron chi connectivity index (χ0n) is 10.5. The van der Waals surface area contributed by atoms with Crippen molar-refractivity contribution < 1.29 is 0 Å². The van der Waals surface area contributed by atoms with Crippen LogP contribution in [0.2, 0.25) is 0 Å². The van der Waals surface area contributed by atoms with E-state index in [2.05, 4.69) is 39.6 Å². The van der Waals surface area contributed by atoms with Gasteiger partial charge in [-0.05, 0) is 24.3 Å². The maximum absolute atomic E-state index is 4.14. The molecule has 0 bridgehead atoms. The van der Waals surface area contributed by atoms with E-state index in [1.165, 1.54) is 11.4 Å². The summed E-state index contributed by atoms with van der Waals surface area (Å²) in [4.78, 5) is 2.09. The van der Waals surface area contributed by atoms with Crippen molar-refractivity contribution in [2.45, 2.75) is 6.54 Å². The molecule has 1 aromatic carbocycles. The molecule has 4 heteroatoms. The smallest absolute Gasteiger partial charge is 0.0571 e. The van der Waals surface area contributed by atoms with Crippen LogP contribution in [-0.4, -0.2) is 23.9 Å². The van der Waals surface area contributed by atoms with Crippen LogP contribution in [0.25, 0.3) is 0 Å². The second kappa shape index (κ2) is 4.91. The van der Waals surface area contributed by atoms with Gasteiger partial charge in [-0.25, -0.2) is 0 Å². The number of rotatable bonds is 4. The third kappa shape index (κ3) is 2.78. The zero-order valence-corrected chi connectivity index (χ0v) is 10.5. The first-order valence-corrected chi connectivity index (χ1v) is 5.65. The maximum Gasteiger partial charge on any atom is 0.0571 e. The quantitative estimate of drug-likeness (QED) is 0.873. The van der Waals surface area contributed by atoms with Gasteiger partial charge in [0.1, 0.15) is 0 Å². The van der Waals surface area contributed by atoms with Crippen LogP contribution >= 0.6 is 0 Å².